The third-order valence-electron chi connectivity index (χ3n) is 5.00. The molecule has 0 unspecified atom stereocenters. The van der Waals surface area contributed by atoms with Crippen LogP contribution in [0.25, 0.3) is 0 Å². The first-order chi connectivity index (χ1) is 11.1. The molecule has 1 aliphatic rings. The van der Waals surface area contributed by atoms with E-state index in [2.05, 4.69) is 47.9 Å². The van der Waals surface area contributed by atoms with Gasteiger partial charge in [0.05, 0.1) is 6.54 Å². The first kappa shape index (κ1) is 18.0. The molecule has 0 saturated carbocycles. The van der Waals surface area contributed by atoms with Gasteiger partial charge in [-0.15, -0.1) is 0 Å². The van der Waals surface area contributed by atoms with Crippen LogP contribution in [0.15, 0.2) is 24.3 Å². The van der Waals surface area contributed by atoms with Gasteiger partial charge in [0.1, 0.15) is 0 Å². The number of nitrogens with zero attached hydrogens (tertiary/aromatic N) is 2. The first-order valence-corrected chi connectivity index (χ1v) is 8.83. The van der Waals surface area contributed by atoms with Crippen molar-refractivity contribution in [3.63, 3.8) is 0 Å². The number of piperidine rings is 1. The first-order valence-electron chi connectivity index (χ1n) is 8.83. The topological polar surface area (TPSA) is 43.8 Å². The van der Waals surface area contributed by atoms with E-state index in [-0.39, 0.29) is 6.54 Å². The molecule has 1 N–H and O–H groups in total. The van der Waals surface area contributed by atoms with Gasteiger partial charge in [-0.25, -0.2) is 0 Å². The Kier molecular flexibility index (Phi) is 7.06. The largest absolute Gasteiger partial charge is 0.480 e. The van der Waals surface area contributed by atoms with Crippen molar-refractivity contribution < 1.29 is 9.90 Å². The van der Waals surface area contributed by atoms with Gasteiger partial charge in [-0.05, 0) is 69.9 Å². The molecule has 0 bridgehead atoms. The highest BCUT2D eigenvalue weighted by Crippen LogP contribution is 2.17. The Bertz CT molecular complexity index is 496. The van der Waals surface area contributed by atoms with Crippen molar-refractivity contribution in [1.29, 1.82) is 0 Å². The summed E-state index contributed by atoms with van der Waals surface area (Å²) in [6, 6.07) is 9.06. The Balaban J connectivity index is 1.70. The molecule has 0 aliphatic carbocycles. The summed E-state index contributed by atoms with van der Waals surface area (Å²) in [7, 11) is 0. The fourth-order valence-electron chi connectivity index (χ4n) is 3.56. The molecular weight excluding hydrogens is 288 g/mol. The van der Waals surface area contributed by atoms with Gasteiger partial charge >= 0.3 is 5.97 Å². The minimum absolute atomic E-state index is 0.175. The van der Waals surface area contributed by atoms with E-state index < -0.39 is 5.97 Å². The Morgan fingerprint density at radius 3 is 2.61 bits per heavy atom. The second-order valence-electron chi connectivity index (χ2n) is 6.56. The highest BCUT2D eigenvalue weighted by Gasteiger charge is 2.24. The van der Waals surface area contributed by atoms with E-state index in [1.165, 1.54) is 17.5 Å². The van der Waals surface area contributed by atoms with Crippen LogP contribution in [0.4, 0.5) is 0 Å². The maximum Gasteiger partial charge on any atom is 0.317 e. The molecule has 0 atom stereocenters. The van der Waals surface area contributed by atoms with Gasteiger partial charge in [-0.3, -0.25) is 9.69 Å². The predicted molar refractivity (Wildman–Crippen MR) is 93.8 cm³/mol. The zero-order valence-electron chi connectivity index (χ0n) is 14.5. The molecule has 0 radical (unpaired) electrons. The van der Waals surface area contributed by atoms with Crippen molar-refractivity contribution in [1.82, 2.24) is 9.80 Å². The number of likely N-dealkylation sites (tertiary alicyclic amines) is 1. The predicted octanol–water partition coefficient (Wildman–Crippen LogP) is 2.80. The van der Waals surface area contributed by atoms with Crippen LogP contribution in [0, 0.1) is 6.92 Å². The van der Waals surface area contributed by atoms with Gasteiger partial charge in [0.15, 0.2) is 0 Å². The molecule has 1 aliphatic heterocycles. The highest BCUT2D eigenvalue weighted by molar-refractivity contribution is 5.69. The van der Waals surface area contributed by atoms with Crippen LogP contribution in [0.3, 0.4) is 0 Å². The maximum absolute atomic E-state index is 10.9. The third-order valence-corrected chi connectivity index (χ3v) is 5.00. The van der Waals surface area contributed by atoms with Gasteiger partial charge in [0, 0.05) is 6.04 Å². The van der Waals surface area contributed by atoms with Crippen LogP contribution >= 0.6 is 0 Å². The van der Waals surface area contributed by atoms with Crippen LogP contribution in [0.5, 0.6) is 0 Å². The average Bonchev–Trinajstić information content (AvgIpc) is 2.55. The zero-order valence-corrected chi connectivity index (χ0v) is 14.5. The number of carbonyl (C=O) groups is 1. The number of carboxylic acids is 1. The monoisotopic (exact) mass is 318 g/mol. The lowest BCUT2D eigenvalue weighted by Crippen LogP contribution is -2.46. The zero-order chi connectivity index (χ0) is 16.7. The minimum Gasteiger partial charge on any atom is -0.480 e. The molecule has 0 spiro atoms. The number of hydrogen-bond donors (Lipinski definition) is 1. The molecule has 4 nitrogen and oxygen atoms in total. The number of rotatable bonds is 8. The Labute approximate surface area is 140 Å². The Morgan fingerprint density at radius 2 is 2.00 bits per heavy atom. The van der Waals surface area contributed by atoms with E-state index in [0.717, 1.165) is 45.4 Å². The van der Waals surface area contributed by atoms with Crippen molar-refractivity contribution >= 4 is 5.97 Å². The second-order valence-corrected chi connectivity index (χ2v) is 6.56. The molecule has 1 aromatic carbocycles. The lowest BCUT2D eigenvalue weighted by atomic mass is 10.0. The molecular formula is C19H30N2O2. The van der Waals surface area contributed by atoms with E-state index in [1.807, 2.05) is 0 Å². The van der Waals surface area contributed by atoms with Gasteiger partial charge in [0.2, 0.25) is 0 Å². The summed E-state index contributed by atoms with van der Waals surface area (Å²) in [4.78, 5) is 15.6. The van der Waals surface area contributed by atoms with Crippen LogP contribution in [0.2, 0.25) is 0 Å². The molecule has 1 heterocycles. The molecule has 23 heavy (non-hydrogen) atoms. The van der Waals surface area contributed by atoms with Crippen LogP contribution in [-0.2, 0) is 11.2 Å². The molecule has 1 aromatic rings. The summed E-state index contributed by atoms with van der Waals surface area (Å²) in [6.45, 7) is 8.56. The summed E-state index contributed by atoms with van der Waals surface area (Å²) in [5.74, 6) is -0.715. The van der Waals surface area contributed by atoms with E-state index in [4.69, 9.17) is 5.11 Å². The molecule has 4 heteroatoms. The Hall–Kier alpha value is -1.39. The molecule has 0 amide bonds. The lowest BCUT2D eigenvalue weighted by molar-refractivity contribution is -0.139. The number of carboxylic acid groups (broad SMARTS) is 1. The van der Waals surface area contributed by atoms with Crippen molar-refractivity contribution in [2.75, 3.05) is 32.7 Å². The van der Waals surface area contributed by atoms with Crippen LogP contribution in [-0.4, -0.2) is 59.6 Å². The average molecular weight is 318 g/mol. The third kappa shape index (κ3) is 5.63. The van der Waals surface area contributed by atoms with Gasteiger partial charge in [-0.1, -0.05) is 31.2 Å². The number of aliphatic carboxylic acids is 1. The summed E-state index contributed by atoms with van der Waals surface area (Å²) < 4.78 is 0. The quantitative estimate of drug-likeness (QED) is 0.800. The molecule has 128 valence electrons. The fourth-order valence-corrected chi connectivity index (χ4v) is 3.56. The summed E-state index contributed by atoms with van der Waals surface area (Å²) in [5, 5.41) is 8.99. The van der Waals surface area contributed by atoms with Gasteiger partial charge in [-0.2, -0.15) is 0 Å². The summed E-state index contributed by atoms with van der Waals surface area (Å²) >= 11 is 0. The number of likely N-dealkylation sites (N-methyl/N-ethyl adjacent to an activating group) is 1. The van der Waals surface area contributed by atoms with Crippen molar-refractivity contribution in [2.24, 2.45) is 0 Å². The minimum atomic E-state index is -0.715. The Morgan fingerprint density at radius 1 is 1.30 bits per heavy atom. The molecule has 2 rings (SSSR count). The van der Waals surface area contributed by atoms with Crippen LogP contribution < -0.4 is 0 Å². The molecule has 1 fully saturated rings. The van der Waals surface area contributed by atoms with E-state index in [0.29, 0.717) is 6.04 Å². The van der Waals surface area contributed by atoms with Gasteiger partial charge in [0.25, 0.3) is 0 Å². The normalized spacial score (nSPS) is 16.8. The van der Waals surface area contributed by atoms with Crippen molar-refractivity contribution in [3.05, 3.63) is 35.4 Å². The molecule has 0 aromatic heterocycles. The molecule has 1 saturated heterocycles. The van der Waals surface area contributed by atoms with Crippen LogP contribution in [0.1, 0.15) is 37.3 Å². The highest BCUT2D eigenvalue weighted by atomic mass is 16.4. The second kappa shape index (κ2) is 9.04. The summed E-state index contributed by atoms with van der Waals surface area (Å²) in [5.41, 5.74) is 2.85. The van der Waals surface area contributed by atoms with Gasteiger partial charge < -0.3 is 10.0 Å². The smallest absolute Gasteiger partial charge is 0.317 e. The maximum atomic E-state index is 10.9. The standard InChI is InChI=1S/C19H30N2O2/c1-3-21(15-19(22)23)18-10-13-20(14-11-18)12-6-9-17-8-5-4-7-16(17)2/h4-5,7-8,18H,3,6,9-15H2,1-2H3,(H,22,23). The van der Waals surface area contributed by atoms with Crippen molar-refractivity contribution in [2.45, 2.75) is 45.6 Å². The van der Waals surface area contributed by atoms with E-state index >= 15 is 0 Å². The lowest BCUT2D eigenvalue weighted by Gasteiger charge is -2.37. The number of aryl methyl sites for hydroxylation is 2. The van der Waals surface area contributed by atoms with Crippen molar-refractivity contribution in [3.8, 4) is 0 Å². The summed E-state index contributed by atoms with van der Waals surface area (Å²) in [6.07, 6.45) is 4.52. The van der Waals surface area contributed by atoms with E-state index in [9.17, 15) is 4.79 Å². The van der Waals surface area contributed by atoms with E-state index in [1.54, 1.807) is 0 Å². The number of hydrogen-bond acceptors (Lipinski definition) is 3. The SMILES string of the molecule is CCN(CC(=O)O)C1CCN(CCCc2ccccc2C)CC1. The fraction of sp³-hybridized carbons (Fsp3) is 0.632. The number of benzene rings is 1.